The Kier molecular flexibility index (Phi) is 3.04. The van der Waals surface area contributed by atoms with Crippen LogP contribution in [0.1, 0.15) is 6.42 Å². The lowest BCUT2D eigenvalue weighted by Crippen LogP contribution is -2.11. The summed E-state index contributed by atoms with van der Waals surface area (Å²) in [6, 6.07) is 12.8. The van der Waals surface area contributed by atoms with Crippen molar-refractivity contribution in [3.63, 3.8) is 0 Å². The van der Waals surface area contributed by atoms with E-state index in [9.17, 15) is 8.42 Å². The Bertz CT molecular complexity index is 738. The van der Waals surface area contributed by atoms with Gasteiger partial charge in [0.2, 0.25) is 0 Å². The van der Waals surface area contributed by atoms with Crippen molar-refractivity contribution in [3.8, 4) is 0 Å². The molecule has 0 unspecified atom stereocenters. The average molecular weight is 315 g/mol. The molecular weight excluding hydrogens is 303 g/mol. The third-order valence-electron chi connectivity index (χ3n) is 3.46. The Morgan fingerprint density at radius 2 is 1.74 bits per heavy atom. The average Bonchev–Trinajstić information content (AvgIpc) is 2.95. The second-order valence-electron chi connectivity index (χ2n) is 4.95. The van der Waals surface area contributed by atoms with Crippen LogP contribution in [0.3, 0.4) is 0 Å². The van der Waals surface area contributed by atoms with Crippen LogP contribution in [0.4, 0.5) is 0 Å². The zero-order valence-electron chi connectivity index (χ0n) is 10.0. The number of benzene rings is 2. The Morgan fingerprint density at radius 1 is 1.11 bits per heavy atom. The van der Waals surface area contributed by atoms with E-state index in [0.29, 0.717) is 11.3 Å². The molecule has 0 amide bonds. The fourth-order valence-electron chi connectivity index (χ4n) is 2.17. The fraction of sp³-hybridized carbons (Fsp3) is 0.286. The molecule has 100 valence electrons. The first kappa shape index (κ1) is 13.2. The van der Waals surface area contributed by atoms with Gasteiger partial charge in [-0.2, -0.15) is 0 Å². The van der Waals surface area contributed by atoms with Gasteiger partial charge in [0.15, 0.2) is 9.84 Å². The van der Waals surface area contributed by atoms with E-state index in [1.807, 2.05) is 30.3 Å². The summed E-state index contributed by atoms with van der Waals surface area (Å²) in [6.45, 7) is 0. The van der Waals surface area contributed by atoms with Gasteiger partial charge >= 0.3 is 0 Å². The second-order valence-corrected chi connectivity index (χ2v) is 8.53. The fourth-order valence-corrected chi connectivity index (χ4v) is 4.59. The number of hydrogen-bond donors (Lipinski definition) is 0. The second kappa shape index (κ2) is 4.37. The van der Waals surface area contributed by atoms with Crippen molar-refractivity contribution in [2.45, 2.75) is 15.6 Å². The summed E-state index contributed by atoms with van der Waals surface area (Å²) in [5.41, 5.74) is 0. The summed E-state index contributed by atoms with van der Waals surface area (Å²) in [6.07, 6.45) is 0.545. The summed E-state index contributed by atoms with van der Waals surface area (Å²) in [5, 5.41) is 1.94. The zero-order chi connectivity index (χ0) is 13.7. The summed E-state index contributed by atoms with van der Waals surface area (Å²) in [7, 11) is -3.33. The Hall–Kier alpha value is -0.770. The molecule has 1 fully saturated rings. The third-order valence-corrected chi connectivity index (χ3v) is 6.20. The first-order valence-corrected chi connectivity index (χ1v) is 8.39. The molecule has 0 spiro atoms. The molecule has 1 atom stereocenters. The van der Waals surface area contributed by atoms with E-state index in [0.717, 1.165) is 10.8 Å². The molecule has 1 aliphatic carbocycles. The van der Waals surface area contributed by atoms with E-state index in [-0.39, 0.29) is 11.7 Å². The van der Waals surface area contributed by atoms with E-state index in [4.69, 9.17) is 23.2 Å². The molecule has 19 heavy (non-hydrogen) atoms. The van der Waals surface area contributed by atoms with Gasteiger partial charge in [0.25, 0.3) is 0 Å². The molecule has 2 nitrogen and oxygen atoms in total. The molecule has 3 rings (SSSR count). The molecule has 1 saturated carbocycles. The van der Waals surface area contributed by atoms with E-state index >= 15 is 0 Å². The number of sulfone groups is 1. The first-order chi connectivity index (χ1) is 8.88. The van der Waals surface area contributed by atoms with E-state index in [2.05, 4.69) is 0 Å². The number of alkyl halides is 2. The van der Waals surface area contributed by atoms with Crippen LogP contribution in [-0.4, -0.2) is 18.5 Å². The minimum Gasteiger partial charge on any atom is -0.224 e. The normalized spacial score (nSPS) is 21.5. The van der Waals surface area contributed by atoms with Gasteiger partial charge in [-0.15, -0.1) is 23.2 Å². The lowest BCUT2D eigenvalue weighted by Gasteiger charge is -2.06. The monoisotopic (exact) mass is 314 g/mol. The predicted molar refractivity (Wildman–Crippen MR) is 78.5 cm³/mol. The summed E-state index contributed by atoms with van der Waals surface area (Å²) in [4.78, 5) is 0.335. The molecule has 0 saturated heterocycles. The van der Waals surface area contributed by atoms with Crippen molar-refractivity contribution < 1.29 is 8.42 Å². The molecule has 5 heteroatoms. The van der Waals surface area contributed by atoms with Gasteiger partial charge in [0, 0.05) is 5.92 Å². The molecule has 0 aromatic heterocycles. The Morgan fingerprint density at radius 3 is 2.37 bits per heavy atom. The molecule has 0 radical (unpaired) electrons. The highest BCUT2D eigenvalue weighted by molar-refractivity contribution is 7.91. The minimum absolute atomic E-state index is 0.0122. The summed E-state index contributed by atoms with van der Waals surface area (Å²) < 4.78 is 23.7. The Balaban J connectivity index is 1.95. The molecule has 0 aliphatic heterocycles. The maximum atomic E-state index is 12.3. The van der Waals surface area contributed by atoms with E-state index in [1.54, 1.807) is 12.1 Å². The van der Waals surface area contributed by atoms with Crippen molar-refractivity contribution in [3.05, 3.63) is 42.5 Å². The van der Waals surface area contributed by atoms with Gasteiger partial charge in [-0.25, -0.2) is 8.42 Å². The third kappa shape index (κ3) is 2.60. The maximum absolute atomic E-state index is 12.3. The largest absolute Gasteiger partial charge is 0.224 e. The van der Waals surface area contributed by atoms with Crippen LogP contribution in [0.2, 0.25) is 0 Å². The van der Waals surface area contributed by atoms with Gasteiger partial charge in [-0.05, 0) is 29.3 Å². The van der Waals surface area contributed by atoms with Gasteiger partial charge in [0.1, 0.15) is 4.33 Å². The van der Waals surface area contributed by atoms with E-state index < -0.39 is 14.2 Å². The number of hydrogen-bond acceptors (Lipinski definition) is 2. The van der Waals surface area contributed by atoms with Crippen LogP contribution < -0.4 is 0 Å². The van der Waals surface area contributed by atoms with Crippen molar-refractivity contribution >= 4 is 43.8 Å². The van der Waals surface area contributed by atoms with Crippen molar-refractivity contribution in [2.75, 3.05) is 5.75 Å². The molecule has 0 bridgehead atoms. The highest BCUT2D eigenvalue weighted by atomic mass is 35.5. The standard InChI is InChI=1S/C14H12Cl2O2S/c15-14(16)8-12(14)9-19(17,18)13-6-5-10-3-1-2-4-11(10)7-13/h1-7,12H,8-9H2/t12-/m1/s1. The lowest BCUT2D eigenvalue weighted by molar-refractivity contribution is 0.592. The molecule has 1 aliphatic rings. The lowest BCUT2D eigenvalue weighted by atomic mass is 10.1. The molecule has 2 aromatic carbocycles. The SMILES string of the molecule is O=S(=O)(C[C@H]1CC1(Cl)Cl)c1ccc2ccccc2c1. The maximum Gasteiger partial charge on any atom is 0.178 e. The molecule has 2 aromatic rings. The van der Waals surface area contributed by atoms with Gasteiger partial charge in [-0.3, -0.25) is 0 Å². The molecule has 0 heterocycles. The quantitative estimate of drug-likeness (QED) is 0.807. The van der Waals surface area contributed by atoms with Crippen molar-refractivity contribution in [2.24, 2.45) is 5.92 Å². The number of halogens is 2. The Labute approximate surface area is 122 Å². The van der Waals surface area contributed by atoms with Crippen LogP contribution in [0.5, 0.6) is 0 Å². The summed E-state index contributed by atoms with van der Waals surface area (Å²) >= 11 is 11.8. The van der Waals surface area contributed by atoms with Gasteiger partial charge in [0.05, 0.1) is 10.6 Å². The predicted octanol–water partition coefficient (Wildman–Crippen LogP) is 3.81. The number of rotatable bonds is 3. The topological polar surface area (TPSA) is 34.1 Å². The van der Waals surface area contributed by atoms with E-state index in [1.165, 1.54) is 0 Å². The van der Waals surface area contributed by atoms with Crippen LogP contribution in [0.25, 0.3) is 10.8 Å². The highest BCUT2D eigenvalue weighted by Crippen LogP contribution is 2.54. The van der Waals surface area contributed by atoms with Crippen LogP contribution >= 0.6 is 23.2 Å². The van der Waals surface area contributed by atoms with Crippen LogP contribution in [-0.2, 0) is 9.84 Å². The number of fused-ring (bicyclic) bond motifs is 1. The summed E-state index contributed by atoms with van der Waals surface area (Å²) in [5.74, 6) is -0.148. The van der Waals surface area contributed by atoms with Gasteiger partial charge < -0.3 is 0 Å². The zero-order valence-corrected chi connectivity index (χ0v) is 12.3. The molecule has 0 N–H and O–H groups in total. The first-order valence-electron chi connectivity index (χ1n) is 5.98. The minimum atomic E-state index is -3.33. The van der Waals surface area contributed by atoms with Crippen LogP contribution in [0, 0.1) is 5.92 Å². The van der Waals surface area contributed by atoms with Crippen molar-refractivity contribution in [1.82, 2.24) is 0 Å². The molecular formula is C14H12Cl2O2S. The van der Waals surface area contributed by atoms with Crippen molar-refractivity contribution in [1.29, 1.82) is 0 Å². The highest BCUT2D eigenvalue weighted by Gasteiger charge is 2.53. The van der Waals surface area contributed by atoms with Crippen LogP contribution in [0.15, 0.2) is 47.4 Å². The van der Waals surface area contributed by atoms with Gasteiger partial charge in [-0.1, -0.05) is 30.3 Å². The smallest absolute Gasteiger partial charge is 0.178 e.